The molecule has 1 aromatic heterocycles. The van der Waals surface area contributed by atoms with E-state index in [4.69, 9.17) is 0 Å². The van der Waals surface area contributed by atoms with E-state index in [1.165, 1.54) is 12.1 Å². The molecule has 6 nitrogen and oxygen atoms in total. The van der Waals surface area contributed by atoms with E-state index < -0.39 is 11.7 Å². The van der Waals surface area contributed by atoms with Crippen LogP contribution >= 0.6 is 0 Å². The van der Waals surface area contributed by atoms with Gasteiger partial charge in [-0.2, -0.15) is 0 Å². The fourth-order valence-corrected chi connectivity index (χ4v) is 5.76. The molecule has 0 bridgehead atoms. The number of rotatable bonds is 5. The third-order valence-electron chi connectivity index (χ3n) is 7.99. The van der Waals surface area contributed by atoms with Crippen LogP contribution in [0.3, 0.4) is 0 Å². The van der Waals surface area contributed by atoms with Crippen molar-refractivity contribution in [3.63, 3.8) is 0 Å². The zero-order valence-electron chi connectivity index (χ0n) is 21.6. The number of hydrogen-bond acceptors (Lipinski definition) is 3. The Labute approximate surface area is 217 Å². The fourth-order valence-electron chi connectivity index (χ4n) is 5.76. The van der Waals surface area contributed by atoms with E-state index in [9.17, 15) is 18.8 Å². The predicted octanol–water partition coefficient (Wildman–Crippen LogP) is 4.92. The van der Waals surface area contributed by atoms with Crippen LogP contribution in [0, 0.1) is 18.7 Å². The smallest absolute Gasteiger partial charge is 0.295 e. The molecule has 7 heteroatoms. The minimum Gasteiger partial charge on any atom is -0.350 e. The zero-order chi connectivity index (χ0) is 26.1. The SMILES string of the molecule is Cc1cc2c(cc1C(=O)N1CCC(Cc3ccc(F)cc3)CC1)c(C(=O)C(=O)N1CCCCC1)cn2C. The Hall–Kier alpha value is -3.48. The van der Waals surface area contributed by atoms with E-state index in [-0.39, 0.29) is 11.7 Å². The summed E-state index contributed by atoms with van der Waals surface area (Å²) in [6.07, 6.45) is 7.31. The number of aromatic nitrogens is 1. The summed E-state index contributed by atoms with van der Waals surface area (Å²) in [5, 5.41) is 0.651. The van der Waals surface area contributed by atoms with Gasteiger partial charge in [0, 0.05) is 55.9 Å². The number of halogens is 1. The molecule has 0 radical (unpaired) electrons. The molecule has 2 aliphatic rings. The van der Waals surface area contributed by atoms with Crippen LogP contribution in [0.25, 0.3) is 10.9 Å². The Bertz CT molecular complexity index is 1330. The van der Waals surface area contributed by atoms with Crippen LogP contribution in [-0.4, -0.2) is 58.1 Å². The van der Waals surface area contributed by atoms with Crippen LogP contribution in [0.5, 0.6) is 0 Å². The predicted molar refractivity (Wildman–Crippen MR) is 141 cm³/mol. The molecule has 5 rings (SSSR count). The molecule has 2 fully saturated rings. The first-order valence-electron chi connectivity index (χ1n) is 13.3. The number of fused-ring (bicyclic) bond motifs is 1. The molecule has 0 aliphatic carbocycles. The van der Waals surface area contributed by atoms with Gasteiger partial charge in [-0.25, -0.2) is 4.39 Å². The lowest BCUT2D eigenvalue weighted by molar-refractivity contribution is -0.127. The molecule has 0 atom stereocenters. The van der Waals surface area contributed by atoms with Crippen LogP contribution in [0.1, 0.15) is 63.9 Å². The lowest BCUT2D eigenvalue weighted by atomic mass is 9.89. The van der Waals surface area contributed by atoms with Gasteiger partial charge in [0.2, 0.25) is 0 Å². The summed E-state index contributed by atoms with van der Waals surface area (Å²) in [6, 6.07) is 10.4. The number of nitrogens with zero attached hydrogens (tertiary/aromatic N) is 3. The number of carbonyl (C=O) groups excluding carboxylic acids is 3. The van der Waals surface area contributed by atoms with E-state index >= 15 is 0 Å². The van der Waals surface area contributed by atoms with Crippen molar-refractivity contribution < 1.29 is 18.8 Å². The van der Waals surface area contributed by atoms with Crippen molar-refractivity contribution in [1.29, 1.82) is 0 Å². The molecular weight excluding hydrogens is 469 g/mol. The summed E-state index contributed by atoms with van der Waals surface area (Å²) in [6.45, 7) is 4.48. The first kappa shape index (κ1) is 25.2. The van der Waals surface area contributed by atoms with Crippen molar-refractivity contribution in [3.8, 4) is 0 Å². The molecular formula is C30H34FN3O3. The first-order valence-corrected chi connectivity index (χ1v) is 13.3. The van der Waals surface area contributed by atoms with Gasteiger partial charge in [0.15, 0.2) is 0 Å². The second-order valence-electron chi connectivity index (χ2n) is 10.6. The van der Waals surface area contributed by atoms with Crippen LogP contribution in [0.15, 0.2) is 42.6 Å². The standard InChI is InChI=1S/C30H34FN3O3/c1-20-16-27-25(26(19-32(27)2)28(35)30(37)33-12-4-3-5-13-33)18-24(20)29(36)34-14-10-22(11-15-34)17-21-6-8-23(31)9-7-21/h6-9,16,18-19,22H,3-5,10-15,17H2,1-2H3. The minimum atomic E-state index is -0.503. The van der Waals surface area contributed by atoms with E-state index in [1.807, 2.05) is 41.6 Å². The molecule has 3 aromatic rings. The second-order valence-corrected chi connectivity index (χ2v) is 10.6. The van der Waals surface area contributed by atoms with Crippen molar-refractivity contribution in [1.82, 2.24) is 14.4 Å². The highest BCUT2D eigenvalue weighted by molar-refractivity contribution is 6.45. The maximum atomic E-state index is 13.6. The van der Waals surface area contributed by atoms with Crippen LogP contribution in [0.2, 0.25) is 0 Å². The lowest BCUT2D eigenvalue weighted by Crippen LogP contribution is -2.40. The highest BCUT2D eigenvalue weighted by atomic mass is 19.1. The van der Waals surface area contributed by atoms with Crippen LogP contribution in [0.4, 0.5) is 4.39 Å². The molecule has 2 saturated heterocycles. The molecule has 0 N–H and O–H groups in total. The summed E-state index contributed by atoms with van der Waals surface area (Å²) >= 11 is 0. The van der Waals surface area contributed by atoms with Crippen molar-refractivity contribution in [2.75, 3.05) is 26.2 Å². The largest absolute Gasteiger partial charge is 0.350 e. The van der Waals surface area contributed by atoms with Gasteiger partial charge >= 0.3 is 0 Å². The average Bonchev–Trinajstić information content (AvgIpc) is 3.24. The zero-order valence-corrected chi connectivity index (χ0v) is 21.6. The molecule has 0 unspecified atom stereocenters. The number of hydrogen-bond donors (Lipinski definition) is 0. The third kappa shape index (κ3) is 5.17. The number of piperidine rings is 2. The molecule has 0 saturated carbocycles. The number of ketones is 1. The summed E-state index contributed by atoms with van der Waals surface area (Å²) in [7, 11) is 1.86. The topological polar surface area (TPSA) is 62.6 Å². The van der Waals surface area contributed by atoms with E-state index in [1.54, 1.807) is 17.2 Å². The van der Waals surface area contributed by atoms with Gasteiger partial charge < -0.3 is 14.4 Å². The molecule has 2 amide bonds. The average molecular weight is 504 g/mol. The third-order valence-corrected chi connectivity index (χ3v) is 7.99. The van der Waals surface area contributed by atoms with Gasteiger partial charge in [-0.05, 0) is 86.8 Å². The highest BCUT2D eigenvalue weighted by Gasteiger charge is 2.29. The maximum Gasteiger partial charge on any atom is 0.295 e. The Morgan fingerprint density at radius 2 is 1.57 bits per heavy atom. The fraction of sp³-hybridized carbons (Fsp3) is 0.433. The van der Waals surface area contributed by atoms with Gasteiger partial charge in [0.25, 0.3) is 17.6 Å². The highest BCUT2D eigenvalue weighted by Crippen LogP contribution is 2.29. The number of Topliss-reactive ketones (excluding diaryl/α,β-unsaturated/α-hetero) is 1. The molecule has 37 heavy (non-hydrogen) atoms. The van der Waals surface area contributed by atoms with E-state index in [2.05, 4.69) is 0 Å². The van der Waals surface area contributed by atoms with Gasteiger partial charge in [-0.3, -0.25) is 14.4 Å². The molecule has 3 heterocycles. The number of carbonyl (C=O) groups is 3. The summed E-state index contributed by atoms with van der Waals surface area (Å²) in [5.41, 5.74) is 3.75. The van der Waals surface area contributed by atoms with E-state index in [0.29, 0.717) is 48.6 Å². The lowest BCUT2D eigenvalue weighted by Gasteiger charge is -2.32. The number of amides is 2. The molecule has 2 aromatic carbocycles. The Balaban J connectivity index is 1.33. The minimum absolute atomic E-state index is 0.0377. The van der Waals surface area contributed by atoms with Gasteiger partial charge in [-0.1, -0.05) is 12.1 Å². The van der Waals surface area contributed by atoms with Gasteiger partial charge in [0.1, 0.15) is 5.82 Å². The second kappa shape index (κ2) is 10.5. The number of benzene rings is 2. The number of aryl methyl sites for hydroxylation is 2. The van der Waals surface area contributed by atoms with Gasteiger partial charge in [0.05, 0.1) is 5.56 Å². The summed E-state index contributed by atoms with van der Waals surface area (Å²) < 4.78 is 15.1. The Kier molecular flexibility index (Phi) is 7.13. The Morgan fingerprint density at radius 1 is 0.892 bits per heavy atom. The summed E-state index contributed by atoms with van der Waals surface area (Å²) in [4.78, 5) is 43.3. The van der Waals surface area contributed by atoms with Crippen LogP contribution < -0.4 is 0 Å². The quantitative estimate of drug-likeness (QED) is 0.367. The van der Waals surface area contributed by atoms with E-state index in [0.717, 1.165) is 55.2 Å². The first-order chi connectivity index (χ1) is 17.8. The van der Waals surface area contributed by atoms with Crippen molar-refractivity contribution in [2.24, 2.45) is 13.0 Å². The molecule has 194 valence electrons. The van der Waals surface area contributed by atoms with Crippen molar-refractivity contribution >= 4 is 28.5 Å². The Morgan fingerprint density at radius 3 is 2.24 bits per heavy atom. The molecule has 0 spiro atoms. The van der Waals surface area contributed by atoms with Crippen LogP contribution in [-0.2, 0) is 18.3 Å². The normalized spacial score (nSPS) is 16.8. The molecule has 2 aliphatic heterocycles. The van der Waals surface area contributed by atoms with Gasteiger partial charge in [-0.15, -0.1) is 0 Å². The maximum absolute atomic E-state index is 13.6. The van der Waals surface area contributed by atoms with Crippen molar-refractivity contribution in [2.45, 2.75) is 45.4 Å². The summed E-state index contributed by atoms with van der Waals surface area (Å²) in [5.74, 6) is -0.766. The van der Waals surface area contributed by atoms with Crippen molar-refractivity contribution in [3.05, 3.63) is 70.7 Å². The number of likely N-dealkylation sites (tertiary alicyclic amines) is 2. The monoisotopic (exact) mass is 503 g/mol.